The van der Waals surface area contributed by atoms with E-state index in [1.807, 2.05) is 0 Å². The Hall–Kier alpha value is -1.92. The summed E-state index contributed by atoms with van der Waals surface area (Å²) in [6, 6.07) is 4.59. The van der Waals surface area contributed by atoms with Crippen LogP contribution in [0, 0.1) is 0 Å². The van der Waals surface area contributed by atoms with Gasteiger partial charge in [0, 0.05) is 25.3 Å². The average Bonchev–Trinajstić information content (AvgIpc) is 2.69. The number of hydrogen-bond acceptors (Lipinski definition) is 4. The lowest BCUT2D eigenvalue weighted by atomic mass is 10.1. The second-order valence-corrected chi connectivity index (χ2v) is 5.01. The quantitative estimate of drug-likeness (QED) is 0.629. The van der Waals surface area contributed by atoms with E-state index >= 15 is 0 Å². The topological polar surface area (TPSA) is 75.7 Å². The Labute approximate surface area is 127 Å². The van der Waals surface area contributed by atoms with Gasteiger partial charge in [0.2, 0.25) is 5.91 Å². The molecule has 1 aliphatic heterocycles. The molecule has 0 atom stereocenters. The number of benzene rings is 1. The molecule has 0 saturated carbocycles. The maximum absolute atomic E-state index is 11.9. The van der Waals surface area contributed by atoms with Crippen LogP contribution >= 0.6 is 11.6 Å². The van der Waals surface area contributed by atoms with E-state index in [4.69, 9.17) is 16.3 Å². The summed E-state index contributed by atoms with van der Waals surface area (Å²) >= 11 is 5.81. The summed E-state index contributed by atoms with van der Waals surface area (Å²) in [5.41, 5.74) is 0.654. The number of Topliss-reactive ketones (excluding diaryl/α,β-unsaturated/α-hetero) is 1. The molecule has 0 bridgehead atoms. The van der Waals surface area contributed by atoms with Crippen molar-refractivity contribution in [2.45, 2.75) is 6.42 Å². The van der Waals surface area contributed by atoms with Crippen molar-refractivity contribution in [1.29, 1.82) is 0 Å². The average molecular weight is 311 g/mol. The molecule has 0 saturated heterocycles. The fourth-order valence-corrected chi connectivity index (χ4v) is 2.25. The van der Waals surface area contributed by atoms with Gasteiger partial charge in [0.25, 0.3) is 11.7 Å². The van der Waals surface area contributed by atoms with Crippen LogP contribution in [0.4, 0.5) is 5.69 Å². The highest BCUT2D eigenvalue weighted by atomic mass is 35.5. The van der Waals surface area contributed by atoms with Gasteiger partial charge in [-0.2, -0.15) is 0 Å². The number of nitrogens with one attached hydrogen (secondary N) is 1. The molecule has 1 aromatic carbocycles. The lowest BCUT2D eigenvalue weighted by molar-refractivity contribution is -0.122. The Kier molecular flexibility index (Phi) is 4.93. The largest absolute Gasteiger partial charge is 0.385 e. The van der Waals surface area contributed by atoms with Crippen LogP contribution in [0.25, 0.3) is 0 Å². The number of amides is 2. The van der Waals surface area contributed by atoms with E-state index in [1.54, 1.807) is 19.2 Å². The smallest absolute Gasteiger partial charge is 0.299 e. The van der Waals surface area contributed by atoms with Crippen molar-refractivity contribution in [1.82, 2.24) is 5.32 Å². The maximum atomic E-state index is 11.9. The zero-order valence-electron chi connectivity index (χ0n) is 11.5. The normalized spacial score (nSPS) is 13.5. The monoisotopic (exact) mass is 310 g/mol. The molecule has 1 aliphatic rings. The van der Waals surface area contributed by atoms with Crippen LogP contribution in [0.15, 0.2) is 18.2 Å². The van der Waals surface area contributed by atoms with Crippen molar-refractivity contribution < 1.29 is 19.1 Å². The Bertz CT molecular complexity index is 588. The molecule has 112 valence electrons. The second-order valence-electron chi connectivity index (χ2n) is 4.58. The zero-order chi connectivity index (χ0) is 15.4. The van der Waals surface area contributed by atoms with Crippen LogP contribution in [-0.2, 0) is 14.3 Å². The van der Waals surface area contributed by atoms with Gasteiger partial charge in [-0.15, -0.1) is 0 Å². The third kappa shape index (κ3) is 3.40. The Morgan fingerprint density at radius 3 is 2.86 bits per heavy atom. The van der Waals surface area contributed by atoms with Gasteiger partial charge in [-0.1, -0.05) is 11.6 Å². The minimum atomic E-state index is -0.709. The molecule has 0 fully saturated rings. The second kappa shape index (κ2) is 6.69. The van der Waals surface area contributed by atoms with Crippen molar-refractivity contribution in [3.05, 3.63) is 28.8 Å². The van der Waals surface area contributed by atoms with E-state index in [1.165, 1.54) is 11.0 Å². The molecule has 0 aliphatic carbocycles. The van der Waals surface area contributed by atoms with Crippen LogP contribution in [0.5, 0.6) is 0 Å². The van der Waals surface area contributed by atoms with Gasteiger partial charge in [-0.05, 0) is 24.6 Å². The van der Waals surface area contributed by atoms with Crippen LogP contribution in [0.2, 0.25) is 5.02 Å². The lowest BCUT2D eigenvalue weighted by Gasteiger charge is -2.16. The first-order chi connectivity index (χ1) is 10.0. The molecule has 6 nitrogen and oxygen atoms in total. The number of ether oxygens (including phenoxy) is 1. The van der Waals surface area contributed by atoms with Crippen LogP contribution < -0.4 is 10.2 Å². The number of methoxy groups -OCH3 is 1. The van der Waals surface area contributed by atoms with E-state index in [0.717, 1.165) is 0 Å². The maximum Gasteiger partial charge on any atom is 0.299 e. The lowest BCUT2D eigenvalue weighted by Crippen LogP contribution is -2.40. The molecule has 0 radical (unpaired) electrons. The number of carbonyl (C=O) groups is 3. The predicted octanol–water partition coefficient (Wildman–Crippen LogP) is 1.02. The highest BCUT2D eigenvalue weighted by Crippen LogP contribution is 2.30. The first-order valence-electron chi connectivity index (χ1n) is 6.46. The molecule has 2 amide bonds. The summed E-state index contributed by atoms with van der Waals surface area (Å²) in [5.74, 6) is -1.67. The highest BCUT2D eigenvalue weighted by molar-refractivity contribution is 6.53. The van der Waals surface area contributed by atoms with Crippen molar-refractivity contribution in [3.8, 4) is 0 Å². The number of fused-ring (bicyclic) bond motifs is 1. The Morgan fingerprint density at radius 1 is 1.38 bits per heavy atom. The molecule has 0 aromatic heterocycles. The molecule has 7 heteroatoms. The van der Waals surface area contributed by atoms with Crippen LogP contribution in [0.1, 0.15) is 16.8 Å². The van der Waals surface area contributed by atoms with E-state index in [9.17, 15) is 14.4 Å². The van der Waals surface area contributed by atoms with E-state index < -0.39 is 11.7 Å². The van der Waals surface area contributed by atoms with Gasteiger partial charge in [0.05, 0.1) is 11.3 Å². The SMILES string of the molecule is COCCCNC(=O)CN1C(=O)C(=O)c2cc(Cl)ccc21. The summed E-state index contributed by atoms with van der Waals surface area (Å²) in [6.45, 7) is 0.811. The summed E-state index contributed by atoms with van der Waals surface area (Å²) in [5, 5.41) is 3.05. The fourth-order valence-electron chi connectivity index (χ4n) is 2.07. The Morgan fingerprint density at radius 2 is 2.14 bits per heavy atom. The number of carbonyl (C=O) groups excluding carboxylic acids is 3. The van der Waals surface area contributed by atoms with Crippen molar-refractivity contribution in [2.24, 2.45) is 0 Å². The summed E-state index contributed by atoms with van der Waals surface area (Å²) in [6.07, 6.45) is 0.682. The first kappa shape index (κ1) is 15.5. The highest BCUT2D eigenvalue weighted by Gasteiger charge is 2.36. The standard InChI is InChI=1S/C14H15ClN2O4/c1-21-6-2-5-16-12(18)8-17-11-4-3-9(15)7-10(11)13(19)14(17)20/h3-4,7H,2,5-6,8H2,1H3,(H,16,18). The fraction of sp³-hybridized carbons (Fsp3) is 0.357. The van der Waals surface area contributed by atoms with Crippen LogP contribution in [0.3, 0.4) is 0 Å². The third-order valence-electron chi connectivity index (χ3n) is 3.08. The summed E-state index contributed by atoms with van der Waals surface area (Å²) in [4.78, 5) is 36.7. The first-order valence-corrected chi connectivity index (χ1v) is 6.83. The van der Waals surface area contributed by atoms with Crippen molar-refractivity contribution in [2.75, 3.05) is 31.7 Å². The van der Waals surface area contributed by atoms with Gasteiger partial charge < -0.3 is 10.1 Å². The number of anilines is 1. The number of hydrogen-bond donors (Lipinski definition) is 1. The minimum Gasteiger partial charge on any atom is -0.385 e. The number of nitrogens with zero attached hydrogens (tertiary/aromatic N) is 1. The van der Waals surface area contributed by atoms with Gasteiger partial charge in [-0.3, -0.25) is 19.3 Å². The van der Waals surface area contributed by atoms with Gasteiger partial charge in [-0.25, -0.2) is 0 Å². The van der Waals surface area contributed by atoms with Crippen molar-refractivity contribution >= 4 is 34.9 Å². The Balaban J connectivity index is 2.03. The molecule has 21 heavy (non-hydrogen) atoms. The molecule has 1 heterocycles. The molecule has 0 spiro atoms. The molecule has 1 N–H and O–H groups in total. The zero-order valence-corrected chi connectivity index (χ0v) is 12.3. The van der Waals surface area contributed by atoms with E-state index in [-0.39, 0.29) is 18.0 Å². The number of rotatable bonds is 6. The van der Waals surface area contributed by atoms with Gasteiger partial charge in [0.1, 0.15) is 6.54 Å². The number of ketones is 1. The molecular weight excluding hydrogens is 296 g/mol. The summed E-state index contributed by atoms with van der Waals surface area (Å²) in [7, 11) is 1.58. The van der Waals surface area contributed by atoms with Crippen molar-refractivity contribution in [3.63, 3.8) is 0 Å². The molecule has 2 rings (SSSR count). The summed E-state index contributed by atoms with van der Waals surface area (Å²) < 4.78 is 4.87. The minimum absolute atomic E-state index is 0.188. The number of halogens is 1. The third-order valence-corrected chi connectivity index (χ3v) is 3.32. The van der Waals surface area contributed by atoms with Crippen LogP contribution in [-0.4, -0.2) is 44.4 Å². The molecule has 1 aromatic rings. The van der Waals surface area contributed by atoms with E-state index in [2.05, 4.69) is 5.32 Å². The predicted molar refractivity (Wildman–Crippen MR) is 77.6 cm³/mol. The van der Waals surface area contributed by atoms with Gasteiger partial charge >= 0.3 is 0 Å². The van der Waals surface area contributed by atoms with E-state index in [0.29, 0.717) is 30.3 Å². The molecule has 0 unspecified atom stereocenters. The molecular formula is C14H15ClN2O4. The van der Waals surface area contributed by atoms with Gasteiger partial charge in [0.15, 0.2) is 0 Å².